The predicted molar refractivity (Wildman–Crippen MR) is 116 cm³/mol. The lowest BCUT2D eigenvalue weighted by atomic mass is 9.86. The molecule has 33 heavy (non-hydrogen) atoms. The van der Waals surface area contributed by atoms with Crippen molar-refractivity contribution >= 4 is 15.9 Å². The second kappa shape index (κ2) is 8.75. The van der Waals surface area contributed by atoms with Crippen LogP contribution in [0.5, 0.6) is 0 Å². The molecule has 1 saturated heterocycles. The molecule has 0 bridgehead atoms. The standard InChI is InChI=1S/C22H27F3N4O3S/c1-14(2)33(31,32)29-12-9-19-17(13-29)20(27-26-19)21(30)28-10-7-15(8-11-28)16-5-3-4-6-18(16)22(23,24)25/h3-6,14-15H,7-13H2,1-2H3,(H,26,27). The maximum atomic E-state index is 13.4. The van der Waals surface area contributed by atoms with Crippen molar-refractivity contribution < 1.29 is 26.4 Å². The number of hydrogen-bond donors (Lipinski definition) is 1. The van der Waals surface area contributed by atoms with Gasteiger partial charge in [0.2, 0.25) is 10.0 Å². The number of halogens is 3. The monoisotopic (exact) mass is 484 g/mol. The number of fused-ring (bicyclic) bond motifs is 1. The molecule has 2 aliphatic heterocycles. The molecule has 2 aliphatic rings. The Bertz CT molecular complexity index is 1140. The first-order chi connectivity index (χ1) is 15.5. The highest BCUT2D eigenvalue weighted by molar-refractivity contribution is 7.89. The van der Waals surface area contributed by atoms with Gasteiger partial charge in [-0.3, -0.25) is 9.89 Å². The summed E-state index contributed by atoms with van der Waals surface area (Å²) in [4.78, 5) is 14.8. The van der Waals surface area contributed by atoms with E-state index in [9.17, 15) is 26.4 Å². The molecule has 3 heterocycles. The fourth-order valence-corrected chi connectivity index (χ4v) is 5.87. The van der Waals surface area contributed by atoms with Gasteiger partial charge in [0.05, 0.1) is 10.8 Å². The number of carbonyl (C=O) groups excluding carboxylic acids is 1. The van der Waals surface area contributed by atoms with Crippen LogP contribution in [0.3, 0.4) is 0 Å². The van der Waals surface area contributed by atoms with Gasteiger partial charge in [0.1, 0.15) is 0 Å². The zero-order valence-electron chi connectivity index (χ0n) is 18.5. The van der Waals surface area contributed by atoms with Gasteiger partial charge < -0.3 is 4.90 Å². The van der Waals surface area contributed by atoms with Crippen molar-refractivity contribution in [3.05, 3.63) is 52.3 Å². The first-order valence-corrected chi connectivity index (χ1v) is 12.5. The van der Waals surface area contributed by atoms with Gasteiger partial charge in [-0.05, 0) is 44.2 Å². The number of aromatic amines is 1. The number of piperidine rings is 1. The Kier molecular flexibility index (Phi) is 6.30. The van der Waals surface area contributed by atoms with Gasteiger partial charge in [-0.2, -0.15) is 22.6 Å². The summed E-state index contributed by atoms with van der Waals surface area (Å²) in [6, 6.07) is 5.60. The molecule has 1 N–H and O–H groups in total. The van der Waals surface area contributed by atoms with E-state index in [1.807, 2.05) is 0 Å². The van der Waals surface area contributed by atoms with Crippen molar-refractivity contribution in [3.8, 4) is 0 Å². The molecule has 0 spiro atoms. The summed E-state index contributed by atoms with van der Waals surface area (Å²) < 4.78 is 66.7. The third-order valence-electron chi connectivity index (χ3n) is 6.54. The van der Waals surface area contributed by atoms with Gasteiger partial charge in [-0.15, -0.1) is 0 Å². The minimum absolute atomic E-state index is 0.0862. The fraction of sp³-hybridized carbons (Fsp3) is 0.545. The topological polar surface area (TPSA) is 86.4 Å². The number of H-pyrrole nitrogens is 1. The number of likely N-dealkylation sites (tertiary alicyclic amines) is 1. The average Bonchev–Trinajstić information content (AvgIpc) is 3.21. The van der Waals surface area contributed by atoms with E-state index in [4.69, 9.17) is 0 Å². The number of rotatable bonds is 4. The molecule has 1 fully saturated rings. The molecule has 7 nitrogen and oxygen atoms in total. The van der Waals surface area contributed by atoms with Gasteiger partial charge in [-0.1, -0.05) is 18.2 Å². The second-order valence-electron chi connectivity index (χ2n) is 8.86. The zero-order chi connectivity index (χ0) is 24.0. The molecule has 2 aromatic rings. The molecule has 4 rings (SSSR count). The highest BCUT2D eigenvalue weighted by Crippen LogP contribution is 2.39. The maximum absolute atomic E-state index is 13.4. The molecule has 0 radical (unpaired) electrons. The van der Waals surface area contributed by atoms with Crippen molar-refractivity contribution in [1.82, 2.24) is 19.4 Å². The molecule has 0 aliphatic carbocycles. The van der Waals surface area contributed by atoms with Crippen LogP contribution in [-0.2, 0) is 29.2 Å². The third kappa shape index (κ3) is 4.52. The van der Waals surface area contributed by atoms with E-state index in [0.29, 0.717) is 44.5 Å². The largest absolute Gasteiger partial charge is 0.416 e. The lowest BCUT2D eigenvalue weighted by Crippen LogP contribution is -2.41. The van der Waals surface area contributed by atoms with E-state index >= 15 is 0 Å². The Labute approximate surface area is 191 Å². The summed E-state index contributed by atoms with van der Waals surface area (Å²) in [5.41, 5.74) is 1.18. The van der Waals surface area contributed by atoms with E-state index in [0.717, 1.165) is 11.8 Å². The number of benzene rings is 1. The lowest BCUT2D eigenvalue weighted by molar-refractivity contribution is -0.138. The van der Waals surface area contributed by atoms with Crippen LogP contribution in [0.15, 0.2) is 24.3 Å². The molecular formula is C22H27F3N4O3S. The molecule has 180 valence electrons. The van der Waals surface area contributed by atoms with Crippen LogP contribution < -0.4 is 0 Å². The Hall–Kier alpha value is -2.40. The zero-order valence-corrected chi connectivity index (χ0v) is 19.3. The van der Waals surface area contributed by atoms with E-state index in [2.05, 4.69) is 10.2 Å². The maximum Gasteiger partial charge on any atom is 0.416 e. The summed E-state index contributed by atoms with van der Waals surface area (Å²) in [5.74, 6) is -0.606. The highest BCUT2D eigenvalue weighted by Gasteiger charge is 2.37. The fourth-order valence-electron chi connectivity index (χ4n) is 4.62. The molecule has 0 atom stereocenters. The van der Waals surface area contributed by atoms with Crippen molar-refractivity contribution in [2.75, 3.05) is 19.6 Å². The third-order valence-corrected chi connectivity index (χ3v) is 8.77. The summed E-state index contributed by atoms with van der Waals surface area (Å²) >= 11 is 0. The van der Waals surface area contributed by atoms with Crippen LogP contribution in [0, 0.1) is 0 Å². The predicted octanol–water partition coefficient (Wildman–Crippen LogP) is 3.54. The number of nitrogens with zero attached hydrogens (tertiary/aromatic N) is 3. The van der Waals surface area contributed by atoms with Crippen LogP contribution in [0.2, 0.25) is 0 Å². The molecular weight excluding hydrogens is 457 g/mol. The van der Waals surface area contributed by atoms with Gasteiger partial charge in [0.25, 0.3) is 5.91 Å². The van der Waals surface area contributed by atoms with E-state index in [1.54, 1.807) is 24.8 Å². The van der Waals surface area contributed by atoms with Gasteiger partial charge in [0, 0.05) is 43.9 Å². The molecule has 0 unspecified atom stereocenters. The summed E-state index contributed by atoms with van der Waals surface area (Å²) in [6.07, 6.45) is -3.14. The Morgan fingerprint density at radius 2 is 1.82 bits per heavy atom. The molecule has 1 amide bonds. The van der Waals surface area contributed by atoms with Crippen molar-refractivity contribution in [3.63, 3.8) is 0 Å². The van der Waals surface area contributed by atoms with Gasteiger partial charge >= 0.3 is 6.18 Å². The lowest BCUT2D eigenvalue weighted by Gasteiger charge is -2.33. The van der Waals surface area contributed by atoms with Crippen LogP contribution in [0.4, 0.5) is 13.2 Å². The number of carbonyl (C=O) groups is 1. The number of amides is 1. The number of sulfonamides is 1. The molecule has 11 heteroatoms. The highest BCUT2D eigenvalue weighted by atomic mass is 32.2. The van der Waals surface area contributed by atoms with Crippen LogP contribution in [0.1, 0.15) is 65.5 Å². The summed E-state index contributed by atoms with van der Waals surface area (Å²) in [7, 11) is -3.47. The summed E-state index contributed by atoms with van der Waals surface area (Å²) in [6.45, 7) is 4.27. The quantitative estimate of drug-likeness (QED) is 0.719. The minimum Gasteiger partial charge on any atom is -0.337 e. The minimum atomic E-state index is -4.42. The van der Waals surface area contributed by atoms with Crippen molar-refractivity contribution in [1.29, 1.82) is 0 Å². The van der Waals surface area contributed by atoms with E-state index in [1.165, 1.54) is 16.4 Å². The van der Waals surface area contributed by atoms with Crippen LogP contribution in [0.25, 0.3) is 0 Å². The number of alkyl halides is 3. The SMILES string of the molecule is CC(C)S(=O)(=O)N1CCc2[nH]nc(C(=O)N3CCC(c4ccccc4C(F)(F)F)CC3)c2C1. The number of nitrogens with one attached hydrogen (secondary N) is 1. The van der Waals surface area contributed by atoms with Crippen LogP contribution in [-0.4, -0.2) is 58.6 Å². The van der Waals surface area contributed by atoms with Crippen LogP contribution >= 0.6 is 0 Å². The average molecular weight is 485 g/mol. The smallest absolute Gasteiger partial charge is 0.337 e. The Morgan fingerprint density at radius 1 is 1.15 bits per heavy atom. The number of hydrogen-bond acceptors (Lipinski definition) is 4. The molecule has 0 saturated carbocycles. The van der Waals surface area contributed by atoms with Gasteiger partial charge in [0.15, 0.2) is 5.69 Å². The Morgan fingerprint density at radius 3 is 2.45 bits per heavy atom. The van der Waals surface area contributed by atoms with Crippen molar-refractivity contribution in [2.24, 2.45) is 0 Å². The normalized spacial score (nSPS) is 18.5. The summed E-state index contributed by atoms with van der Waals surface area (Å²) in [5, 5.41) is 6.47. The van der Waals surface area contributed by atoms with E-state index < -0.39 is 27.0 Å². The first kappa shape index (κ1) is 23.7. The van der Waals surface area contributed by atoms with E-state index in [-0.39, 0.29) is 29.6 Å². The molecule has 1 aromatic carbocycles. The van der Waals surface area contributed by atoms with Crippen molar-refractivity contribution in [2.45, 2.75) is 57.0 Å². The Balaban J connectivity index is 1.48. The molecule has 1 aromatic heterocycles. The number of aromatic nitrogens is 2. The second-order valence-corrected chi connectivity index (χ2v) is 11.3. The first-order valence-electron chi connectivity index (χ1n) is 11.0. The van der Waals surface area contributed by atoms with Gasteiger partial charge in [-0.25, -0.2) is 8.42 Å².